The number of nitrogens with one attached hydrogen (secondary N) is 1. The van der Waals surface area contributed by atoms with Gasteiger partial charge >= 0.3 is 0 Å². The number of benzene rings is 1. The second-order valence-corrected chi connectivity index (χ2v) is 7.26. The summed E-state index contributed by atoms with van der Waals surface area (Å²) < 4.78 is -1.81. The van der Waals surface area contributed by atoms with Crippen LogP contribution >= 0.6 is 58.0 Å². The molecule has 1 unspecified atom stereocenters. The highest BCUT2D eigenvalue weighted by molar-refractivity contribution is 6.68. The van der Waals surface area contributed by atoms with Gasteiger partial charge in [-0.05, 0) is 18.2 Å². The van der Waals surface area contributed by atoms with Crippen LogP contribution in [0.3, 0.4) is 0 Å². The minimum Gasteiger partial charge on any atom is -0.349 e. The van der Waals surface area contributed by atoms with Gasteiger partial charge in [0.15, 0.2) is 5.78 Å². The zero-order valence-corrected chi connectivity index (χ0v) is 14.0. The molecule has 0 heterocycles. The van der Waals surface area contributed by atoms with Crippen LogP contribution in [0.4, 0.5) is 0 Å². The van der Waals surface area contributed by atoms with Crippen LogP contribution in [-0.4, -0.2) is 21.5 Å². The van der Waals surface area contributed by atoms with Crippen LogP contribution in [0.2, 0.25) is 10.0 Å². The van der Waals surface area contributed by atoms with Gasteiger partial charge in [0.05, 0.1) is 11.1 Å². The van der Waals surface area contributed by atoms with Gasteiger partial charge in [0.1, 0.15) is 0 Å². The van der Waals surface area contributed by atoms with Gasteiger partial charge in [-0.25, -0.2) is 0 Å². The summed E-state index contributed by atoms with van der Waals surface area (Å²) in [5, 5.41) is 3.04. The number of carbonyl (C=O) groups is 2. The Morgan fingerprint density at radius 1 is 1.25 bits per heavy atom. The minimum absolute atomic E-state index is 0.197. The lowest BCUT2D eigenvalue weighted by Gasteiger charge is -2.24. The molecular weight excluding hydrogens is 367 g/mol. The van der Waals surface area contributed by atoms with Crippen LogP contribution in [0.25, 0.3) is 0 Å². The molecule has 1 N–H and O–H groups in total. The molecule has 110 valence electrons. The number of Topliss-reactive ketones (excluding diaryl/α,β-unsaturated/α-hetero) is 1. The number of alkyl halides is 3. The van der Waals surface area contributed by atoms with Crippen molar-refractivity contribution in [2.24, 2.45) is 0 Å². The summed E-state index contributed by atoms with van der Waals surface area (Å²) in [5.41, 5.74) is 0.251. The molecule has 0 aliphatic carbocycles. The number of halogens is 5. The predicted octanol–water partition coefficient (Wildman–Crippen LogP) is 4.44. The molecule has 0 radical (unpaired) electrons. The Labute approximate surface area is 141 Å². The van der Waals surface area contributed by atoms with Crippen molar-refractivity contribution >= 4 is 69.7 Å². The average molecular weight is 377 g/mol. The predicted molar refractivity (Wildman–Crippen MR) is 83.3 cm³/mol. The van der Waals surface area contributed by atoms with E-state index in [4.69, 9.17) is 58.0 Å². The average Bonchev–Trinajstić information content (AvgIpc) is 2.25. The largest absolute Gasteiger partial charge is 0.349 e. The van der Waals surface area contributed by atoms with Crippen molar-refractivity contribution in [1.82, 2.24) is 5.32 Å². The fraction of sp³-hybridized carbons (Fsp3) is 0.333. The van der Waals surface area contributed by atoms with Crippen LogP contribution in [0.5, 0.6) is 0 Å². The van der Waals surface area contributed by atoms with Gasteiger partial charge < -0.3 is 5.32 Å². The Hall–Kier alpha value is -0.190. The van der Waals surface area contributed by atoms with Crippen molar-refractivity contribution in [2.45, 2.75) is 23.2 Å². The lowest BCUT2D eigenvalue weighted by molar-refractivity contribution is -0.119. The third-order valence-corrected chi connectivity index (χ3v) is 3.73. The lowest BCUT2D eigenvalue weighted by Crippen LogP contribution is -2.44. The maximum absolute atomic E-state index is 12.2. The highest BCUT2D eigenvalue weighted by Gasteiger charge is 2.35. The zero-order chi connectivity index (χ0) is 15.5. The van der Waals surface area contributed by atoms with E-state index in [1.165, 1.54) is 25.1 Å². The first-order valence-electron chi connectivity index (χ1n) is 5.43. The number of hydrogen-bond acceptors (Lipinski definition) is 2. The molecule has 0 saturated carbocycles. The number of hydrogen-bond donors (Lipinski definition) is 1. The van der Waals surface area contributed by atoms with Gasteiger partial charge in [0, 0.05) is 23.9 Å². The molecule has 1 atom stereocenters. The van der Waals surface area contributed by atoms with E-state index in [-0.39, 0.29) is 22.8 Å². The first kappa shape index (κ1) is 17.9. The molecule has 0 fully saturated rings. The smallest absolute Gasteiger partial charge is 0.217 e. The fourth-order valence-corrected chi connectivity index (χ4v) is 2.41. The van der Waals surface area contributed by atoms with Crippen LogP contribution in [0, 0.1) is 0 Å². The van der Waals surface area contributed by atoms with Gasteiger partial charge in [0.2, 0.25) is 9.70 Å². The zero-order valence-electron chi connectivity index (χ0n) is 10.2. The van der Waals surface area contributed by atoms with Crippen LogP contribution in [0.1, 0.15) is 23.7 Å². The molecule has 1 rings (SSSR count). The van der Waals surface area contributed by atoms with E-state index >= 15 is 0 Å². The van der Waals surface area contributed by atoms with Gasteiger partial charge in [-0.3, -0.25) is 9.59 Å². The monoisotopic (exact) mass is 375 g/mol. The first-order chi connectivity index (χ1) is 9.11. The van der Waals surface area contributed by atoms with E-state index in [0.717, 1.165) is 0 Å². The SMILES string of the molecule is CC(=O)NC(CC(=O)c1ccc(Cl)cc1Cl)C(Cl)(Cl)Cl. The molecule has 0 spiro atoms. The fourth-order valence-electron chi connectivity index (χ4n) is 1.50. The number of rotatable bonds is 4. The third-order valence-electron chi connectivity index (χ3n) is 2.39. The molecule has 1 aromatic rings. The molecule has 0 aromatic heterocycles. The highest BCUT2D eigenvalue weighted by Crippen LogP contribution is 2.33. The summed E-state index contributed by atoms with van der Waals surface area (Å²) >= 11 is 28.9. The second-order valence-electron chi connectivity index (χ2n) is 4.05. The van der Waals surface area contributed by atoms with Crippen molar-refractivity contribution in [3.05, 3.63) is 33.8 Å². The van der Waals surface area contributed by atoms with Crippen LogP contribution in [-0.2, 0) is 4.79 Å². The standard InChI is InChI=1S/C12H10Cl5NO2/c1-6(19)18-11(12(15,16)17)5-10(20)8-3-2-7(13)4-9(8)14/h2-4,11H,5H2,1H3,(H,18,19). The summed E-state index contributed by atoms with van der Waals surface area (Å²) in [4.78, 5) is 23.2. The maximum atomic E-state index is 12.2. The summed E-state index contributed by atoms with van der Waals surface area (Å²) in [6.45, 7) is 1.27. The Morgan fingerprint density at radius 3 is 2.30 bits per heavy atom. The minimum atomic E-state index is -1.81. The van der Waals surface area contributed by atoms with E-state index in [9.17, 15) is 9.59 Å². The number of amides is 1. The molecule has 1 amide bonds. The molecule has 8 heteroatoms. The van der Waals surface area contributed by atoms with Crippen molar-refractivity contribution < 1.29 is 9.59 Å². The molecular formula is C12H10Cl5NO2. The van der Waals surface area contributed by atoms with Crippen molar-refractivity contribution in [1.29, 1.82) is 0 Å². The maximum Gasteiger partial charge on any atom is 0.217 e. The van der Waals surface area contributed by atoms with E-state index in [1.807, 2.05) is 0 Å². The Balaban J connectivity index is 2.93. The van der Waals surface area contributed by atoms with Crippen LogP contribution < -0.4 is 5.32 Å². The van der Waals surface area contributed by atoms with E-state index < -0.39 is 15.7 Å². The van der Waals surface area contributed by atoms with Crippen molar-refractivity contribution in [3.63, 3.8) is 0 Å². The highest BCUT2D eigenvalue weighted by atomic mass is 35.6. The molecule has 0 aliphatic rings. The summed E-state index contributed by atoms with van der Waals surface area (Å²) in [7, 11) is 0. The topological polar surface area (TPSA) is 46.2 Å². The summed E-state index contributed by atoms with van der Waals surface area (Å²) in [6.07, 6.45) is -0.197. The lowest BCUT2D eigenvalue weighted by atomic mass is 10.0. The van der Waals surface area contributed by atoms with E-state index in [0.29, 0.717) is 5.02 Å². The Kier molecular flexibility index (Phi) is 6.42. The molecule has 0 aliphatic heterocycles. The van der Waals surface area contributed by atoms with E-state index in [1.54, 1.807) is 0 Å². The normalized spacial score (nSPS) is 12.9. The quantitative estimate of drug-likeness (QED) is 0.623. The van der Waals surface area contributed by atoms with Gasteiger partial charge in [-0.1, -0.05) is 58.0 Å². The number of carbonyl (C=O) groups excluding carboxylic acids is 2. The molecule has 1 aromatic carbocycles. The van der Waals surface area contributed by atoms with Crippen molar-refractivity contribution in [3.8, 4) is 0 Å². The molecule has 20 heavy (non-hydrogen) atoms. The summed E-state index contributed by atoms with van der Waals surface area (Å²) in [6, 6.07) is 3.50. The third kappa shape index (κ3) is 5.30. The summed E-state index contributed by atoms with van der Waals surface area (Å²) in [5.74, 6) is -0.770. The number of ketones is 1. The van der Waals surface area contributed by atoms with E-state index in [2.05, 4.69) is 5.32 Å². The first-order valence-corrected chi connectivity index (χ1v) is 7.32. The molecule has 0 bridgehead atoms. The van der Waals surface area contributed by atoms with Gasteiger partial charge in [-0.15, -0.1) is 0 Å². The van der Waals surface area contributed by atoms with Gasteiger partial charge in [-0.2, -0.15) is 0 Å². The van der Waals surface area contributed by atoms with Gasteiger partial charge in [0.25, 0.3) is 0 Å². The van der Waals surface area contributed by atoms with Crippen molar-refractivity contribution in [2.75, 3.05) is 0 Å². The Bertz CT molecular complexity index is 527. The molecule has 3 nitrogen and oxygen atoms in total. The molecule has 0 saturated heterocycles. The Morgan fingerprint density at radius 2 is 1.85 bits per heavy atom. The van der Waals surface area contributed by atoms with Crippen LogP contribution in [0.15, 0.2) is 18.2 Å². The second kappa shape index (κ2) is 7.19.